The Kier molecular flexibility index (Phi) is 11.8. The van der Waals surface area contributed by atoms with Crippen molar-refractivity contribution in [2.24, 2.45) is 34.3 Å². The number of ketones is 2. The lowest BCUT2D eigenvalue weighted by molar-refractivity contribution is -0.220. The molecule has 5 fully saturated rings. The fourth-order valence-electron chi connectivity index (χ4n) is 11.9. The van der Waals surface area contributed by atoms with Crippen LogP contribution in [0.2, 0.25) is 5.02 Å². The first-order valence-electron chi connectivity index (χ1n) is 21.9. The molecular weight excluding hydrogens is 844 g/mol. The van der Waals surface area contributed by atoms with Crippen molar-refractivity contribution in [1.29, 1.82) is 0 Å². The number of anilines is 1. The van der Waals surface area contributed by atoms with Crippen molar-refractivity contribution in [3.8, 4) is 0 Å². The number of aliphatic hydroxyl groups excluding tert-OH is 1. The number of carbonyl (C=O) groups is 5. The first-order chi connectivity index (χ1) is 29.8. The van der Waals surface area contributed by atoms with Crippen LogP contribution in [0.4, 0.5) is 14.5 Å². The Bertz CT molecular complexity index is 2400. The largest absolute Gasteiger partial charge is 0.458 e. The highest BCUT2D eigenvalue weighted by Gasteiger charge is 2.75. The molecule has 2 aromatic rings. The molecule has 4 N–H and O–H groups in total. The van der Waals surface area contributed by atoms with Crippen LogP contribution in [0.3, 0.4) is 0 Å². The molecule has 5 aliphatic carbocycles. The third-order valence-electron chi connectivity index (χ3n) is 15.3. The number of pyridine rings is 1. The fourth-order valence-corrected chi connectivity index (χ4v) is 12.3. The topological polar surface area (TPSA) is 205 Å². The van der Waals surface area contributed by atoms with Crippen LogP contribution in [0.1, 0.15) is 108 Å². The summed E-state index contributed by atoms with van der Waals surface area (Å²) < 4.78 is 50.2. The summed E-state index contributed by atoms with van der Waals surface area (Å²) in [6, 6.07) is 0.808. The molecule has 14 nitrogen and oxygen atoms in total. The lowest BCUT2D eigenvalue weighted by Crippen LogP contribution is -2.69. The summed E-state index contributed by atoms with van der Waals surface area (Å²) in [5.74, 6) is -6.74. The van der Waals surface area contributed by atoms with Gasteiger partial charge in [0.25, 0.3) is 0 Å². The molecule has 6 aliphatic rings. The molecule has 17 heteroatoms. The van der Waals surface area contributed by atoms with Crippen molar-refractivity contribution >= 4 is 57.7 Å². The Labute approximate surface area is 367 Å². The van der Waals surface area contributed by atoms with Crippen molar-refractivity contribution in [2.75, 3.05) is 31.4 Å². The van der Waals surface area contributed by atoms with Gasteiger partial charge in [-0.1, -0.05) is 43.5 Å². The monoisotopic (exact) mass is 897 g/mol. The molecule has 2 unspecified atom stereocenters. The number of aliphatic hydroxyl groups is 2. The summed E-state index contributed by atoms with van der Waals surface area (Å²) in [7, 11) is 0. The molecule has 1 aromatic heterocycles. The van der Waals surface area contributed by atoms with Crippen molar-refractivity contribution in [1.82, 2.24) is 4.57 Å². The zero-order chi connectivity index (χ0) is 45.4. The minimum atomic E-state index is -2.15. The van der Waals surface area contributed by atoms with Gasteiger partial charge < -0.3 is 39.6 Å². The summed E-state index contributed by atoms with van der Waals surface area (Å²) in [4.78, 5) is 79.8. The van der Waals surface area contributed by atoms with Crippen molar-refractivity contribution < 1.29 is 57.2 Å². The Hall–Kier alpha value is -4.51. The molecule has 1 aromatic carbocycles. The molecule has 9 atom stereocenters. The molecule has 0 amide bonds. The summed E-state index contributed by atoms with van der Waals surface area (Å²) in [5.41, 5.74) is -0.675. The number of fused-ring (bicyclic) bond motifs is 6. The van der Waals surface area contributed by atoms with Crippen molar-refractivity contribution in [3.63, 3.8) is 0 Å². The van der Waals surface area contributed by atoms with Gasteiger partial charge in [0.05, 0.1) is 40.6 Å². The van der Waals surface area contributed by atoms with Gasteiger partial charge in [-0.25, -0.2) is 13.6 Å². The predicted octanol–water partition coefficient (Wildman–Crippen LogP) is 5.34. The third-order valence-corrected chi connectivity index (χ3v) is 15.7. The molecule has 2 heterocycles. The van der Waals surface area contributed by atoms with Crippen LogP contribution in [0.25, 0.3) is 10.9 Å². The van der Waals surface area contributed by atoms with E-state index in [1.54, 1.807) is 30.2 Å². The second-order valence-corrected chi connectivity index (χ2v) is 19.3. The molecule has 4 saturated carbocycles. The van der Waals surface area contributed by atoms with E-state index in [1.165, 1.54) is 24.4 Å². The van der Waals surface area contributed by atoms with Crippen LogP contribution in [0.5, 0.6) is 0 Å². The number of Topliss-reactive ketones (excluding diaryl/α,β-unsaturated/α-hetero) is 1. The Morgan fingerprint density at radius 1 is 1.02 bits per heavy atom. The molecule has 8 rings (SSSR count). The highest BCUT2D eigenvalue weighted by Crippen LogP contribution is 2.70. The van der Waals surface area contributed by atoms with Crippen LogP contribution < -0.4 is 16.1 Å². The number of hydrogen-bond acceptors (Lipinski definition) is 13. The van der Waals surface area contributed by atoms with Gasteiger partial charge in [-0.3, -0.25) is 24.0 Å². The number of alkyl halides is 1. The molecule has 340 valence electrons. The van der Waals surface area contributed by atoms with E-state index < -0.39 is 113 Å². The number of hydrogen-bond donors (Lipinski definition) is 3. The van der Waals surface area contributed by atoms with Gasteiger partial charge >= 0.3 is 17.9 Å². The van der Waals surface area contributed by atoms with Gasteiger partial charge in [0.15, 0.2) is 18.1 Å². The van der Waals surface area contributed by atoms with Crippen LogP contribution in [0, 0.1) is 34.4 Å². The minimum absolute atomic E-state index is 0.0493. The fraction of sp³-hybridized carbons (Fsp3) is 0.609. The highest BCUT2D eigenvalue weighted by molar-refractivity contribution is 6.38. The summed E-state index contributed by atoms with van der Waals surface area (Å²) >= 11 is 6.85. The van der Waals surface area contributed by atoms with Gasteiger partial charge in [-0.15, -0.1) is 0 Å². The molecule has 0 bridgehead atoms. The maximum atomic E-state index is 17.5. The van der Waals surface area contributed by atoms with Gasteiger partial charge in [-0.2, -0.15) is 0 Å². The lowest BCUT2D eigenvalue weighted by Gasteiger charge is -2.62. The van der Waals surface area contributed by atoms with Gasteiger partial charge in [0, 0.05) is 48.1 Å². The Morgan fingerprint density at radius 3 is 2.44 bits per heavy atom. The summed E-state index contributed by atoms with van der Waals surface area (Å²) in [5, 5.41) is 23.7. The number of benzene rings is 1. The predicted molar refractivity (Wildman–Crippen MR) is 225 cm³/mol. The van der Waals surface area contributed by atoms with Crippen molar-refractivity contribution in [2.45, 2.75) is 121 Å². The van der Waals surface area contributed by atoms with E-state index in [0.29, 0.717) is 37.0 Å². The van der Waals surface area contributed by atoms with Crippen LogP contribution >= 0.6 is 11.6 Å². The average Bonchev–Trinajstić information content (AvgIpc) is 4.08. The Balaban J connectivity index is 0.858. The zero-order valence-corrected chi connectivity index (χ0v) is 36.4. The molecule has 1 aliphatic heterocycles. The summed E-state index contributed by atoms with van der Waals surface area (Å²) in [6.45, 7) is 4.22. The van der Waals surface area contributed by atoms with E-state index in [1.807, 2.05) is 0 Å². The van der Waals surface area contributed by atoms with E-state index in [9.17, 15) is 39.0 Å². The van der Waals surface area contributed by atoms with E-state index in [0.717, 1.165) is 38.2 Å². The molecule has 0 radical (unpaired) electrons. The number of rotatable bonds is 11. The number of carbonyl (C=O) groups excluding carboxylic acids is 5. The lowest BCUT2D eigenvalue weighted by atomic mass is 9.44. The minimum Gasteiger partial charge on any atom is -0.458 e. The smallest absolute Gasteiger partial charge is 0.346 e. The number of aromatic nitrogens is 1. The maximum Gasteiger partial charge on any atom is 0.346 e. The zero-order valence-electron chi connectivity index (χ0n) is 35.6. The third kappa shape index (κ3) is 7.32. The first-order valence-corrected chi connectivity index (χ1v) is 22.3. The number of allylic oxidation sites excluding steroid dienone is 4. The van der Waals surface area contributed by atoms with Crippen LogP contribution in [-0.4, -0.2) is 94.2 Å². The molecule has 63 heavy (non-hydrogen) atoms. The maximum absolute atomic E-state index is 17.5. The van der Waals surface area contributed by atoms with Crippen molar-refractivity contribution in [3.05, 3.63) is 62.7 Å². The number of esters is 3. The molecule has 1 saturated heterocycles. The number of nitrogens with zero attached hydrogens (tertiary/aromatic N) is 2. The van der Waals surface area contributed by atoms with Gasteiger partial charge in [0.1, 0.15) is 17.0 Å². The second-order valence-electron chi connectivity index (χ2n) is 18.9. The van der Waals surface area contributed by atoms with E-state index in [-0.39, 0.29) is 46.8 Å². The SMILES string of the molecule is C[C@@H]1CC2C3CCC4=CC(=O)C=C[C@]4(C)[C@@]3(F)[C@@H](O)C[C@]2(C)[C@@]1(O)C(=O)COC(=O)CCC(=O)OCOC(=O)c1cn(C2CC2)c2c(Cl)c(N3CCCC[C@@H](N)C3)c(F)cc2c1=O. The van der Waals surface area contributed by atoms with Gasteiger partial charge in [0.2, 0.25) is 18.0 Å². The van der Waals surface area contributed by atoms with E-state index in [4.69, 9.17) is 31.5 Å². The van der Waals surface area contributed by atoms with Crippen LogP contribution in [0.15, 0.2) is 40.9 Å². The second kappa shape index (κ2) is 16.5. The average molecular weight is 898 g/mol. The number of nitrogens with two attached hydrogens (primary N) is 1. The quantitative estimate of drug-likeness (QED) is 0.193. The van der Waals surface area contributed by atoms with E-state index >= 15 is 8.78 Å². The van der Waals surface area contributed by atoms with E-state index in [2.05, 4.69) is 0 Å². The number of halogens is 3. The highest BCUT2D eigenvalue weighted by atomic mass is 35.5. The molecule has 0 spiro atoms. The first kappa shape index (κ1) is 45.1. The van der Waals surface area contributed by atoms with Crippen LogP contribution in [-0.2, 0) is 33.4 Å². The molecular formula is C46H54ClF2N3O11. The normalized spacial score (nSPS) is 33.7. The summed E-state index contributed by atoms with van der Waals surface area (Å²) in [6.07, 6.45) is 7.71. The van der Waals surface area contributed by atoms with Gasteiger partial charge in [-0.05, 0) is 88.3 Å². The number of ether oxygens (including phenoxy) is 3. The Morgan fingerprint density at radius 2 is 1.73 bits per heavy atom. The standard InChI is InChI=1S/C46H54ClF2N3O11/c1-24-16-32-31-10-7-25-17-28(53)13-14-43(25,2)45(31,49)34(54)19-44(32,3)46(24,60)35(55)22-61-36(56)11-12-37(57)62-23-63-42(59)30-21-52(27-8-9-27)39-29(41(30)58)18-33(48)40(38(39)47)51-15-5-4-6-26(50)20-51/h13-14,17-18,21,24,26-27,31-32,34,54,60H,4-12,15-16,19-20,22-23,50H2,1-3H3/t24-,26-,31?,32?,34+,43+,44+,45+,46+/m1/s1.